The number of halogens is 2. The number of hydrazine groups is 1. The predicted molar refractivity (Wildman–Crippen MR) is 109 cm³/mol. The quantitative estimate of drug-likeness (QED) is 0.370. The Morgan fingerprint density at radius 2 is 2.08 bits per heavy atom. The van der Waals surface area contributed by atoms with Gasteiger partial charge in [0.25, 0.3) is 0 Å². The zero-order chi connectivity index (χ0) is 18.9. The average Bonchev–Trinajstić information content (AvgIpc) is 2.61. The summed E-state index contributed by atoms with van der Waals surface area (Å²) in [6.07, 6.45) is 1.74. The fourth-order valence-corrected chi connectivity index (χ4v) is 2.80. The lowest BCUT2D eigenvalue weighted by atomic mass is 10.2. The summed E-state index contributed by atoms with van der Waals surface area (Å²) in [4.78, 5) is 0. The lowest BCUT2D eigenvalue weighted by molar-refractivity contribution is -0.500. The molecule has 0 heterocycles. The van der Waals surface area contributed by atoms with Crippen LogP contribution >= 0.6 is 35.4 Å². The minimum absolute atomic E-state index is 0.278. The Morgan fingerprint density at radius 3 is 2.77 bits per heavy atom. The lowest BCUT2D eigenvalue weighted by Crippen LogP contribution is -2.82. The molecule has 138 valence electrons. The number of rotatable bonds is 7. The van der Waals surface area contributed by atoms with Gasteiger partial charge in [-0.15, -0.1) is 10.5 Å². The van der Waals surface area contributed by atoms with Crippen LogP contribution in [0.15, 0.2) is 36.4 Å². The van der Waals surface area contributed by atoms with Crippen molar-refractivity contribution in [1.82, 2.24) is 10.7 Å². The van der Waals surface area contributed by atoms with E-state index in [0.29, 0.717) is 26.7 Å². The van der Waals surface area contributed by atoms with Crippen LogP contribution in [0, 0.1) is 0 Å². The van der Waals surface area contributed by atoms with Gasteiger partial charge in [-0.25, -0.2) is 0 Å². The second-order valence-corrected chi connectivity index (χ2v) is 6.43. The van der Waals surface area contributed by atoms with Crippen molar-refractivity contribution in [2.45, 2.75) is 13.5 Å². The highest BCUT2D eigenvalue weighted by molar-refractivity contribution is 7.80. The molecular formula is C18H20Cl2N3O2S+. The Kier molecular flexibility index (Phi) is 7.97. The van der Waals surface area contributed by atoms with E-state index in [1.807, 2.05) is 31.2 Å². The SMILES string of the molecule is CCNC(=S)N[NH+]=Cc1cccc(OC)c1OCc1ccc(Cl)cc1Cl. The van der Waals surface area contributed by atoms with E-state index >= 15 is 0 Å². The number of benzene rings is 2. The van der Waals surface area contributed by atoms with Crippen LogP contribution in [0.3, 0.4) is 0 Å². The van der Waals surface area contributed by atoms with Crippen LogP contribution in [0.25, 0.3) is 0 Å². The number of para-hydroxylation sites is 1. The van der Waals surface area contributed by atoms with Crippen LogP contribution in [0.1, 0.15) is 18.1 Å². The molecule has 5 nitrogen and oxygen atoms in total. The highest BCUT2D eigenvalue weighted by Gasteiger charge is 2.12. The molecular weight excluding hydrogens is 393 g/mol. The normalized spacial score (nSPS) is 10.6. The van der Waals surface area contributed by atoms with Crippen LogP contribution in [-0.4, -0.2) is 25.0 Å². The van der Waals surface area contributed by atoms with Gasteiger partial charge in [0, 0.05) is 22.2 Å². The maximum Gasteiger partial charge on any atom is 0.223 e. The molecule has 0 unspecified atom stereocenters. The van der Waals surface area contributed by atoms with Crippen molar-refractivity contribution in [1.29, 1.82) is 0 Å². The van der Waals surface area contributed by atoms with E-state index in [9.17, 15) is 0 Å². The molecule has 0 atom stereocenters. The van der Waals surface area contributed by atoms with E-state index in [4.69, 9.17) is 44.9 Å². The number of thiocarbonyl (C=S) groups is 1. The highest BCUT2D eigenvalue weighted by Crippen LogP contribution is 2.31. The Bertz CT molecular complexity index is 800. The third-order valence-electron chi connectivity index (χ3n) is 3.37. The summed E-state index contributed by atoms with van der Waals surface area (Å²) in [5.41, 5.74) is 4.49. The summed E-state index contributed by atoms with van der Waals surface area (Å²) in [6, 6.07) is 10.9. The molecule has 2 aromatic rings. The number of hydrazone groups is 1. The third kappa shape index (κ3) is 5.76. The monoisotopic (exact) mass is 412 g/mol. The zero-order valence-electron chi connectivity index (χ0n) is 14.4. The molecule has 2 aromatic carbocycles. The van der Waals surface area contributed by atoms with Crippen molar-refractivity contribution in [3.8, 4) is 11.5 Å². The first-order chi connectivity index (χ1) is 12.5. The Morgan fingerprint density at radius 1 is 1.27 bits per heavy atom. The first-order valence-corrected chi connectivity index (χ1v) is 9.08. The summed E-state index contributed by atoms with van der Waals surface area (Å²) in [5.74, 6) is 1.20. The molecule has 3 N–H and O–H groups in total. The van der Waals surface area contributed by atoms with Gasteiger partial charge < -0.3 is 14.8 Å². The summed E-state index contributed by atoms with van der Waals surface area (Å²) >= 11 is 17.2. The first kappa shape index (κ1) is 20.3. The van der Waals surface area contributed by atoms with E-state index in [2.05, 4.69) is 15.8 Å². The van der Waals surface area contributed by atoms with Gasteiger partial charge in [0.2, 0.25) is 11.3 Å². The largest absolute Gasteiger partial charge is 0.493 e. The van der Waals surface area contributed by atoms with E-state index in [0.717, 1.165) is 17.7 Å². The summed E-state index contributed by atoms with van der Waals surface area (Å²) < 4.78 is 11.4. The van der Waals surface area contributed by atoms with Gasteiger partial charge in [-0.05, 0) is 43.4 Å². The van der Waals surface area contributed by atoms with Crippen LogP contribution in [0.2, 0.25) is 10.0 Å². The summed E-state index contributed by atoms with van der Waals surface area (Å²) in [6.45, 7) is 2.98. The van der Waals surface area contributed by atoms with Gasteiger partial charge >= 0.3 is 0 Å². The smallest absolute Gasteiger partial charge is 0.223 e. The molecule has 26 heavy (non-hydrogen) atoms. The number of hydrogen-bond donors (Lipinski definition) is 3. The Labute approximate surface area is 168 Å². The molecule has 0 fully saturated rings. The highest BCUT2D eigenvalue weighted by atomic mass is 35.5. The number of methoxy groups -OCH3 is 1. The molecule has 0 aliphatic carbocycles. The molecule has 0 saturated carbocycles. The topological polar surface area (TPSA) is 56.5 Å². The number of nitrogens with one attached hydrogen (secondary N) is 3. The molecule has 0 amide bonds. The maximum atomic E-state index is 6.21. The van der Waals surface area contributed by atoms with E-state index in [-0.39, 0.29) is 6.61 Å². The van der Waals surface area contributed by atoms with Gasteiger partial charge in [0.1, 0.15) is 6.61 Å². The molecule has 2 rings (SSSR count). The van der Waals surface area contributed by atoms with Crippen molar-refractivity contribution < 1.29 is 14.6 Å². The van der Waals surface area contributed by atoms with Crippen LogP contribution in [-0.2, 0) is 6.61 Å². The van der Waals surface area contributed by atoms with Crippen molar-refractivity contribution in [2.24, 2.45) is 0 Å². The van der Waals surface area contributed by atoms with Crippen molar-refractivity contribution in [3.05, 3.63) is 57.6 Å². The second-order valence-electron chi connectivity index (χ2n) is 5.18. The first-order valence-electron chi connectivity index (χ1n) is 7.91. The van der Waals surface area contributed by atoms with Crippen molar-refractivity contribution in [3.63, 3.8) is 0 Å². The maximum absolute atomic E-state index is 6.21. The van der Waals surface area contributed by atoms with Gasteiger partial charge in [0.05, 0.1) is 12.7 Å². The zero-order valence-corrected chi connectivity index (χ0v) is 16.8. The van der Waals surface area contributed by atoms with E-state index < -0.39 is 0 Å². The standard InChI is InChI=1S/C18H19Cl2N3O2S/c1-3-21-18(26)23-22-10-12-5-4-6-16(24-2)17(12)25-11-13-7-8-14(19)9-15(13)20/h4-10H,3,11H2,1-2H3,(H2,21,23,26)/p+1. The van der Waals surface area contributed by atoms with Crippen LogP contribution in [0.4, 0.5) is 0 Å². The second kappa shape index (κ2) is 10.2. The van der Waals surface area contributed by atoms with Gasteiger partial charge in [-0.2, -0.15) is 0 Å². The molecule has 0 spiro atoms. The minimum Gasteiger partial charge on any atom is -0.493 e. The molecule has 0 aliphatic heterocycles. The van der Waals surface area contributed by atoms with E-state index in [1.165, 1.54) is 0 Å². The summed E-state index contributed by atoms with van der Waals surface area (Å²) in [7, 11) is 1.59. The van der Waals surface area contributed by atoms with Gasteiger partial charge in [0.15, 0.2) is 11.5 Å². The third-order valence-corrected chi connectivity index (χ3v) is 4.20. The van der Waals surface area contributed by atoms with Crippen LogP contribution < -0.4 is 25.3 Å². The number of hydrogen-bond acceptors (Lipinski definition) is 3. The van der Waals surface area contributed by atoms with Gasteiger partial charge in [-0.1, -0.05) is 35.3 Å². The number of ether oxygens (including phenoxy) is 2. The fourth-order valence-electron chi connectivity index (χ4n) is 2.13. The van der Waals surface area contributed by atoms with E-state index in [1.54, 1.807) is 25.5 Å². The summed E-state index contributed by atoms with van der Waals surface area (Å²) in [5, 5.41) is 7.55. The average molecular weight is 413 g/mol. The van der Waals surface area contributed by atoms with Crippen LogP contribution in [0.5, 0.6) is 11.5 Å². The Hall–Kier alpha value is -2.02. The van der Waals surface area contributed by atoms with Gasteiger partial charge in [-0.3, -0.25) is 0 Å². The molecule has 0 radical (unpaired) electrons. The Balaban J connectivity index is 2.17. The van der Waals surface area contributed by atoms with Crippen molar-refractivity contribution >= 4 is 46.7 Å². The fraction of sp³-hybridized carbons (Fsp3) is 0.222. The molecule has 8 heteroatoms. The van der Waals surface area contributed by atoms with Crippen molar-refractivity contribution in [2.75, 3.05) is 13.7 Å². The lowest BCUT2D eigenvalue weighted by Gasteiger charge is -2.13. The molecule has 0 aromatic heterocycles. The molecule has 0 saturated heterocycles. The predicted octanol–water partition coefficient (Wildman–Crippen LogP) is 2.48. The minimum atomic E-state index is 0.278. The molecule has 0 bridgehead atoms. The molecule has 0 aliphatic rings.